The molecular formula is C25H28N2O4. The predicted molar refractivity (Wildman–Crippen MR) is 124 cm³/mol. The molecule has 0 aliphatic carbocycles. The molecule has 162 valence electrons. The van der Waals surface area contributed by atoms with Crippen LogP contribution < -0.4 is 14.2 Å². The fourth-order valence-corrected chi connectivity index (χ4v) is 3.48. The zero-order chi connectivity index (χ0) is 22.4. The lowest BCUT2D eigenvalue weighted by Crippen LogP contribution is -2.03. The van der Waals surface area contributed by atoms with Gasteiger partial charge in [0.2, 0.25) is 0 Å². The van der Waals surface area contributed by atoms with Gasteiger partial charge in [-0.05, 0) is 61.9 Å². The molecule has 2 aromatic carbocycles. The van der Waals surface area contributed by atoms with Crippen LogP contribution in [0.2, 0.25) is 0 Å². The predicted octanol–water partition coefficient (Wildman–Crippen LogP) is 5.41. The Labute approximate surface area is 183 Å². The van der Waals surface area contributed by atoms with Crippen LogP contribution >= 0.6 is 0 Å². The van der Waals surface area contributed by atoms with Crippen molar-refractivity contribution in [2.24, 2.45) is 5.16 Å². The standard InChI is InChI=1S/C25H28N2O4/c1-7-14-31-26-17(2)22-16-23(19-8-11-21(28-4)12-9-19)27(18(22)3)20-10-13-24(29-5)25(15-20)30-6/h7-13,15-16H,1,14H2,2-6H3/b26-17-. The Morgan fingerprint density at radius 2 is 1.68 bits per heavy atom. The Morgan fingerprint density at radius 3 is 2.29 bits per heavy atom. The van der Waals surface area contributed by atoms with Gasteiger partial charge in [-0.2, -0.15) is 0 Å². The zero-order valence-electron chi connectivity index (χ0n) is 18.6. The number of rotatable bonds is 9. The van der Waals surface area contributed by atoms with Crippen molar-refractivity contribution in [1.82, 2.24) is 4.57 Å². The van der Waals surface area contributed by atoms with Crippen molar-refractivity contribution in [2.45, 2.75) is 13.8 Å². The molecule has 6 heteroatoms. The molecule has 0 amide bonds. The van der Waals surface area contributed by atoms with Gasteiger partial charge in [-0.15, -0.1) is 0 Å². The van der Waals surface area contributed by atoms with E-state index < -0.39 is 0 Å². The highest BCUT2D eigenvalue weighted by atomic mass is 16.6. The van der Waals surface area contributed by atoms with Crippen LogP contribution in [0.15, 0.2) is 66.3 Å². The quantitative estimate of drug-likeness (QED) is 0.201. The molecule has 3 rings (SSSR count). The van der Waals surface area contributed by atoms with Gasteiger partial charge >= 0.3 is 0 Å². The molecule has 3 aromatic rings. The minimum absolute atomic E-state index is 0.359. The fraction of sp³-hybridized carbons (Fsp3) is 0.240. The second kappa shape index (κ2) is 9.89. The van der Waals surface area contributed by atoms with Gasteiger partial charge in [0.05, 0.1) is 32.7 Å². The van der Waals surface area contributed by atoms with Crippen molar-refractivity contribution < 1.29 is 19.0 Å². The molecule has 0 saturated heterocycles. The van der Waals surface area contributed by atoms with E-state index in [0.717, 1.165) is 39.7 Å². The number of oxime groups is 1. The first kappa shape index (κ1) is 22.0. The number of nitrogens with zero attached hydrogens (tertiary/aromatic N) is 2. The van der Waals surface area contributed by atoms with Crippen molar-refractivity contribution >= 4 is 5.71 Å². The van der Waals surface area contributed by atoms with E-state index in [4.69, 9.17) is 19.0 Å². The maximum absolute atomic E-state index is 5.53. The molecule has 1 aromatic heterocycles. The van der Waals surface area contributed by atoms with Crippen LogP contribution in [0.4, 0.5) is 0 Å². The molecule has 0 saturated carbocycles. The van der Waals surface area contributed by atoms with Gasteiger partial charge in [-0.3, -0.25) is 0 Å². The molecule has 0 spiro atoms. The molecule has 0 atom stereocenters. The average molecular weight is 421 g/mol. The van der Waals surface area contributed by atoms with Crippen LogP contribution in [0.3, 0.4) is 0 Å². The van der Waals surface area contributed by atoms with Gasteiger partial charge in [0.25, 0.3) is 0 Å². The molecule has 1 heterocycles. The summed E-state index contributed by atoms with van der Waals surface area (Å²) in [4.78, 5) is 5.32. The number of methoxy groups -OCH3 is 3. The van der Waals surface area contributed by atoms with Crippen LogP contribution in [-0.4, -0.2) is 38.2 Å². The second-order valence-corrected chi connectivity index (χ2v) is 6.89. The number of hydrogen-bond acceptors (Lipinski definition) is 5. The molecule has 0 unspecified atom stereocenters. The summed E-state index contributed by atoms with van der Waals surface area (Å²) in [6.07, 6.45) is 1.67. The van der Waals surface area contributed by atoms with Crippen molar-refractivity contribution in [1.29, 1.82) is 0 Å². The summed E-state index contributed by atoms with van der Waals surface area (Å²) in [5.74, 6) is 2.15. The maximum atomic E-state index is 5.53. The van der Waals surface area contributed by atoms with E-state index in [2.05, 4.69) is 29.3 Å². The largest absolute Gasteiger partial charge is 0.497 e. The third-order valence-electron chi connectivity index (χ3n) is 5.04. The Balaban J connectivity index is 2.19. The highest BCUT2D eigenvalue weighted by Gasteiger charge is 2.18. The monoisotopic (exact) mass is 420 g/mol. The lowest BCUT2D eigenvalue weighted by Gasteiger charge is -2.15. The minimum atomic E-state index is 0.359. The van der Waals surface area contributed by atoms with Crippen LogP contribution in [0.5, 0.6) is 17.2 Å². The van der Waals surface area contributed by atoms with E-state index in [1.165, 1.54) is 0 Å². The molecule has 0 aliphatic rings. The third-order valence-corrected chi connectivity index (χ3v) is 5.04. The van der Waals surface area contributed by atoms with Crippen LogP contribution in [0.1, 0.15) is 18.2 Å². The molecule has 6 nitrogen and oxygen atoms in total. The summed E-state index contributed by atoms with van der Waals surface area (Å²) in [7, 11) is 4.92. The SMILES string of the molecule is C=CCO/N=C(/C)c1cc(-c2ccc(OC)cc2)n(-c2ccc(OC)c(OC)c2)c1C. The number of ether oxygens (including phenoxy) is 3. The van der Waals surface area contributed by atoms with E-state index in [1.54, 1.807) is 27.4 Å². The molecule has 0 radical (unpaired) electrons. The van der Waals surface area contributed by atoms with E-state index >= 15 is 0 Å². The van der Waals surface area contributed by atoms with E-state index in [9.17, 15) is 0 Å². The highest BCUT2D eigenvalue weighted by molar-refractivity contribution is 6.01. The molecular weight excluding hydrogens is 392 g/mol. The highest BCUT2D eigenvalue weighted by Crippen LogP contribution is 2.35. The Kier molecular flexibility index (Phi) is 7.03. The topological polar surface area (TPSA) is 54.2 Å². The molecule has 31 heavy (non-hydrogen) atoms. The maximum Gasteiger partial charge on any atom is 0.162 e. The van der Waals surface area contributed by atoms with E-state index in [0.29, 0.717) is 18.1 Å². The summed E-state index contributed by atoms with van der Waals surface area (Å²) in [6, 6.07) is 16.0. The summed E-state index contributed by atoms with van der Waals surface area (Å²) in [6.45, 7) is 8.01. The van der Waals surface area contributed by atoms with Gasteiger partial charge in [-0.1, -0.05) is 17.8 Å². The Morgan fingerprint density at radius 1 is 0.968 bits per heavy atom. The van der Waals surface area contributed by atoms with Gasteiger partial charge in [0.15, 0.2) is 11.5 Å². The first-order valence-corrected chi connectivity index (χ1v) is 9.91. The molecule has 0 bridgehead atoms. The van der Waals surface area contributed by atoms with E-state index in [-0.39, 0.29) is 0 Å². The summed E-state index contributed by atoms with van der Waals surface area (Å²) < 4.78 is 18.4. The summed E-state index contributed by atoms with van der Waals surface area (Å²) in [5.41, 5.74) is 5.82. The average Bonchev–Trinajstić information content (AvgIpc) is 3.15. The van der Waals surface area contributed by atoms with Gasteiger partial charge in [-0.25, -0.2) is 0 Å². The van der Waals surface area contributed by atoms with Crippen molar-refractivity contribution in [2.75, 3.05) is 27.9 Å². The van der Waals surface area contributed by atoms with Crippen LogP contribution in [0.25, 0.3) is 16.9 Å². The molecule has 0 aliphatic heterocycles. The molecule has 0 N–H and O–H groups in total. The summed E-state index contributed by atoms with van der Waals surface area (Å²) >= 11 is 0. The van der Waals surface area contributed by atoms with Crippen molar-refractivity contribution in [3.8, 4) is 34.2 Å². The lowest BCUT2D eigenvalue weighted by molar-refractivity contribution is 0.175. The number of aromatic nitrogens is 1. The van der Waals surface area contributed by atoms with Crippen LogP contribution in [-0.2, 0) is 4.84 Å². The van der Waals surface area contributed by atoms with Crippen molar-refractivity contribution in [3.63, 3.8) is 0 Å². The van der Waals surface area contributed by atoms with Gasteiger partial charge in [0.1, 0.15) is 12.4 Å². The Bertz CT molecular complexity index is 1080. The Hall–Kier alpha value is -3.67. The normalized spacial score (nSPS) is 11.2. The first-order chi connectivity index (χ1) is 15.0. The van der Waals surface area contributed by atoms with Crippen molar-refractivity contribution in [3.05, 3.63) is 72.4 Å². The zero-order valence-corrected chi connectivity index (χ0v) is 18.6. The molecule has 0 fully saturated rings. The summed E-state index contributed by atoms with van der Waals surface area (Å²) in [5, 5.41) is 4.24. The van der Waals surface area contributed by atoms with Gasteiger partial charge < -0.3 is 23.6 Å². The van der Waals surface area contributed by atoms with Gasteiger partial charge in [0, 0.05) is 23.0 Å². The number of hydrogen-bond donors (Lipinski definition) is 0. The van der Waals surface area contributed by atoms with E-state index in [1.807, 2.05) is 49.4 Å². The number of benzene rings is 2. The van der Waals surface area contributed by atoms with Crippen LogP contribution in [0, 0.1) is 6.92 Å². The second-order valence-electron chi connectivity index (χ2n) is 6.89. The third kappa shape index (κ3) is 4.58. The minimum Gasteiger partial charge on any atom is -0.497 e. The fourth-order valence-electron chi connectivity index (χ4n) is 3.48. The smallest absolute Gasteiger partial charge is 0.162 e. The first-order valence-electron chi connectivity index (χ1n) is 9.91. The lowest BCUT2D eigenvalue weighted by atomic mass is 10.1.